The van der Waals surface area contributed by atoms with Crippen LogP contribution in [0, 0.1) is 0 Å². The molecule has 6 nitrogen and oxygen atoms in total. The average molecular weight is 402 g/mol. The summed E-state index contributed by atoms with van der Waals surface area (Å²) in [6.45, 7) is 1.32. The second-order valence-corrected chi connectivity index (χ2v) is 7.53. The van der Waals surface area contributed by atoms with Crippen LogP contribution in [0.3, 0.4) is 0 Å². The minimum absolute atomic E-state index is 0.0194. The molecule has 0 saturated carbocycles. The molecule has 0 saturated heterocycles. The smallest absolute Gasteiger partial charge is 0.303 e. The Balaban J connectivity index is 3.11. The van der Waals surface area contributed by atoms with Crippen LogP contribution >= 0.6 is 0 Å². The molecule has 0 spiro atoms. The van der Waals surface area contributed by atoms with E-state index < -0.39 is 5.97 Å². The lowest BCUT2D eigenvalue weighted by Crippen LogP contribution is -2.27. The quantitative estimate of drug-likeness (QED) is 0.233. The predicted octanol–water partition coefficient (Wildman–Crippen LogP) is 4.44. The maximum absolute atomic E-state index is 11.6. The lowest BCUT2D eigenvalue weighted by Gasteiger charge is -2.06. The number of carboxylic acids is 1. The Morgan fingerprint density at radius 3 is 1.50 bits per heavy atom. The Labute approximate surface area is 171 Å². The molecule has 0 aliphatic rings. The molecule has 0 aromatic carbocycles. The van der Waals surface area contributed by atoms with E-state index in [4.69, 9.17) is 14.9 Å². The molecule has 3 N–H and O–H groups in total. The highest BCUT2D eigenvalue weighted by Gasteiger charge is 2.01. The minimum atomic E-state index is -0.678. The SMILES string of the molecule is O=C(O)CCCCCCCCCCCCCCCCC(=O)NCCOCCO. The fraction of sp³-hybridized carbons (Fsp3) is 0.909. The summed E-state index contributed by atoms with van der Waals surface area (Å²) in [6.07, 6.45) is 17.6. The fourth-order valence-electron chi connectivity index (χ4n) is 3.20. The van der Waals surface area contributed by atoms with E-state index in [1.165, 1.54) is 64.2 Å². The lowest BCUT2D eigenvalue weighted by atomic mass is 10.0. The molecule has 6 heteroatoms. The van der Waals surface area contributed by atoms with Crippen LogP contribution in [0.1, 0.15) is 103 Å². The van der Waals surface area contributed by atoms with Gasteiger partial charge in [-0.25, -0.2) is 0 Å². The minimum Gasteiger partial charge on any atom is -0.481 e. The number of carbonyl (C=O) groups excluding carboxylic acids is 1. The third-order valence-corrected chi connectivity index (χ3v) is 4.85. The topological polar surface area (TPSA) is 95.9 Å². The van der Waals surface area contributed by atoms with Gasteiger partial charge in [0.2, 0.25) is 5.91 Å². The van der Waals surface area contributed by atoms with Gasteiger partial charge in [-0.1, -0.05) is 77.0 Å². The highest BCUT2D eigenvalue weighted by molar-refractivity contribution is 5.75. The van der Waals surface area contributed by atoms with E-state index in [2.05, 4.69) is 5.32 Å². The molecular formula is C22H43NO5. The number of aliphatic carboxylic acids is 1. The first kappa shape index (κ1) is 26.9. The van der Waals surface area contributed by atoms with Gasteiger partial charge in [0.05, 0.1) is 19.8 Å². The maximum Gasteiger partial charge on any atom is 0.303 e. The summed E-state index contributed by atoms with van der Waals surface area (Å²) in [7, 11) is 0. The number of aliphatic hydroxyl groups is 1. The van der Waals surface area contributed by atoms with Crippen molar-refractivity contribution >= 4 is 11.9 Å². The molecule has 0 aliphatic carbocycles. The first-order valence-electron chi connectivity index (χ1n) is 11.3. The number of hydrogen-bond donors (Lipinski definition) is 3. The van der Waals surface area contributed by atoms with Crippen LogP contribution < -0.4 is 5.32 Å². The molecule has 166 valence electrons. The zero-order valence-corrected chi connectivity index (χ0v) is 17.8. The van der Waals surface area contributed by atoms with Crippen molar-refractivity contribution < 1.29 is 24.5 Å². The van der Waals surface area contributed by atoms with Crippen LogP contribution in [-0.2, 0) is 14.3 Å². The number of carbonyl (C=O) groups is 2. The van der Waals surface area contributed by atoms with E-state index in [0.29, 0.717) is 32.6 Å². The summed E-state index contributed by atoms with van der Waals surface area (Å²) >= 11 is 0. The number of ether oxygens (including phenoxy) is 1. The molecule has 0 aromatic heterocycles. The number of aliphatic hydroxyl groups excluding tert-OH is 1. The van der Waals surface area contributed by atoms with Crippen LogP contribution in [-0.4, -0.2) is 48.5 Å². The third kappa shape index (κ3) is 22.9. The van der Waals surface area contributed by atoms with Crippen LogP contribution in [0.5, 0.6) is 0 Å². The molecule has 0 aromatic rings. The number of carboxylic acid groups (broad SMARTS) is 1. The summed E-state index contributed by atoms with van der Waals surface area (Å²) in [5.74, 6) is -0.586. The Hall–Kier alpha value is -1.14. The van der Waals surface area contributed by atoms with Gasteiger partial charge >= 0.3 is 5.97 Å². The van der Waals surface area contributed by atoms with E-state index in [9.17, 15) is 9.59 Å². The highest BCUT2D eigenvalue weighted by atomic mass is 16.5. The third-order valence-electron chi connectivity index (χ3n) is 4.85. The average Bonchev–Trinajstić information content (AvgIpc) is 2.67. The van der Waals surface area contributed by atoms with Gasteiger partial charge in [-0.2, -0.15) is 0 Å². The van der Waals surface area contributed by atoms with Crippen molar-refractivity contribution in [3.8, 4) is 0 Å². The van der Waals surface area contributed by atoms with Gasteiger partial charge in [0.15, 0.2) is 0 Å². The van der Waals surface area contributed by atoms with Crippen molar-refractivity contribution in [1.82, 2.24) is 5.32 Å². The largest absolute Gasteiger partial charge is 0.481 e. The van der Waals surface area contributed by atoms with Crippen LogP contribution in [0.2, 0.25) is 0 Å². The van der Waals surface area contributed by atoms with Crippen molar-refractivity contribution in [2.45, 2.75) is 103 Å². The van der Waals surface area contributed by atoms with Crippen molar-refractivity contribution in [2.24, 2.45) is 0 Å². The molecule has 0 fully saturated rings. The molecule has 0 unspecified atom stereocenters. The van der Waals surface area contributed by atoms with E-state index in [-0.39, 0.29) is 12.5 Å². The molecule has 0 atom stereocenters. The van der Waals surface area contributed by atoms with Crippen LogP contribution in [0.4, 0.5) is 0 Å². The predicted molar refractivity (Wildman–Crippen MR) is 112 cm³/mol. The lowest BCUT2D eigenvalue weighted by molar-refractivity contribution is -0.137. The van der Waals surface area contributed by atoms with Crippen LogP contribution in [0.15, 0.2) is 0 Å². The number of hydrogen-bond acceptors (Lipinski definition) is 4. The fourth-order valence-corrected chi connectivity index (χ4v) is 3.20. The van der Waals surface area contributed by atoms with E-state index in [1.807, 2.05) is 0 Å². The molecule has 1 amide bonds. The summed E-state index contributed by atoms with van der Waals surface area (Å²) in [6, 6.07) is 0. The van der Waals surface area contributed by atoms with E-state index in [1.54, 1.807) is 0 Å². The first-order chi connectivity index (χ1) is 13.7. The van der Waals surface area contributed by atoms with Gasteiger partial charge < -0.3 is 20.3 Å². The Morgan fingerprint density at radius 1 is 0.643 bits per heavy atom. The number of nitrogens with one attached hydrogen (secondary N) is 1. The van der Waals surface area contributed by atoms with Crippen LogP contribution in [0.25, 0.3) is 0 Å². The molecule has 28 heavy (non-hydrogen) atoms. The van der Waals surface area contributed by atoms with Crippen molar-refractivity contribution in [2.75, 3.05) is 26.4 Å². The molecule has 0 heterocycles. The second kappa shape index (κ2) is 22.2. The first-order valence-corrected chi connectivity index (χ1v) is 11.3. The summed E-state index contributed by atoms with van der Waals surface area (Å²) < 4.78 is 5.09. The molecule has 0 bridgehead atoms. The van der Waals surface area contributed by atoms with Gasteiger partial charge in [-0.3, -0.25) is 9.59 Å². The number of rotatable bonds is 22. The van der Waals surface area contributed by atoms with Gasteiger partial charge in [-0.05, 0) is 12.8 Å². The summed E-state index contributed by atoms with van der Waals surface area (Å²) in [5, 5.41) is 20.0. The van der Waals surface area contributed by atoms with E-state index >= 15 is 0 Å². The summed E-state index contributed by atoms with van der Waals surface area (Å²) in [5.41, 5.74) is 0. The second-order valence-electron chi connectivity index (χ2n) is 7.53. The molecule has 0 radical (unpaired) electrons. The van der Waals surface area contributed by atoms with Crippen molar-refractivity contribution in [3.05, 3.63) is 0 Å². The van der Waals surface area contributed by atoms with E-state index in [0.717, 1.165) is 25.7 Å². The highest BCUT2D eigenvalue weighted by Crippen LogP contribution is 2.13. The zero-order chi connectivity index (χ0) is 20.7. The molecule has 0 rings (SSSR count). The molecular weight excluding hydrogens is 358 g/mol. The van der Waals surface area contributed by atoms with Gasteiger partial charge in [-0.15, -0.1) is 0 Å². The molecule has 0 aliphatic heterocycles. The maximum atomic E-state index is 11.6. The monoisotopic (exact) mass is 401 g/mol. The normalized spacial score (nSPS) is 10.9. The number of amides is 1. The van der Waals surface area contributed by atoms with Gasteiger partial charge in [0.1, 0.15) is 0 Å². The Bertz CT molecular complexity index is 363. The zero-order valence-electron chi connectivity index (χ0n) is 17.8. The van der Waals surface area contributed by atoms with Crippen molar-refractivity contribution in [3.63, 3.8) is 0 Å². The standard InChI is InChI=1S/C22H43NO5/c24-18-20-28-19-17-23-21(25)15-13-11-9-7-5-3-1-2-4-6-8-10-12-14-16-22(26)27/h24H,1-20H2,(H,23,25)(H,26,27). The Morgan fingerprint density at radius 2 is 1.07 bits per heavy atom. The van der Waals surface area contributed by atoms with Gasteiger partial charge in [0.25, 0.3) is 0 Å². The Kier molecular flexibility index (Phi) is 21.3. The van der Waals surface area contributed by atoms with Gasteiger partial charge in [0, 0.05) is 19.4 Å². The summed E-state index contributed by atoms with van der Waals surface area (Å²) in [4.78, 5) is 22.0. The van der Waals surface area contributed by atoms with Crippen molar-refractivity contribution in [1.29, 1.82) is 0 Å². The number of unbranched alkanes of at least 4 members (excludes halogenated alkanes) is 13.